The monoisotopic (exact) mass is 264 g/mol. The van der Waals surface area contributed by atoms with E-state index in [9.17, 15) is 0 Å². The molecule has 110 valence electrons. The Bertz CT molecular complexity index is 261. The Morgan fingerprint density at radius 3 is 2.00 bits per heavy atom. The Morgan fingerprint density at radius 2 is 1.53 bits per heavy atom. The van der Waals surface area contributed by atoms with Crippen LogP contribution in [0.15, 0.2) is 0 Å². The molecule has 1 N–H and O–H groups in total. The van der Waals surface area contributed by atoms with E-state index < -0.39 is 0 Å². The fourth-order valence-electron chi connectivity index (χ4n) is 3.81. The summed E-state index contributed by atoms with van der Waals surface area (Å²) in [5.74, 6) is 2.10. The van der Waals surface area contributed by atoms with Gasteiger partial charge in [-0.15, -0.1) is 0 Å². The Kier molecular flexibility index (Phi) is 4.48. The molecule has 0 aromatic heterocycles. The highest BCUT2D eigenvalue weighted by Crippen LogP contribution is 2.35. The highest BCUT2D eigenvalue weighted by atomic mass is 15.1. The molecule has 3 aliphatic rings. The Morgan fingerprint density at radius 1 is 0.947 bits per heavy atom. The Balaban J connectivity index is 1.48. The van der Waals surface area contributed by atoms with Gasteiger partial charge in [0.2, 0.25) is 0 Å². The van der Waals surface area contributed by atoms with E-state index in [4.69, 9.17) is 0 Å². The van der Waals surface area contributed by atoms with E-state index >= 15 is 0 Å². The van der Waals surface area contributed by atoms with Crippen molar-refractivity contribution in [1.82, 2.24) is 10.2 Å². The summed E-state index contributed by atoms with van der Waals surface area (Å²) in [5.41, 5.74) is 0.476. The molecule has 2 heteroatoms. The normalized spacial score (nSPS) is 26.8. The summed E-state index contributed by atoms with van der Waals surface area (Å²) in [6, 6.07) is 0. The fraction of sp³-hybridized carbons (Fsp3) is 1.00. The molecule has 0 heterocycles. The molecule has 0 aromatic carbocycles. The predicted molar refractivity (Wildman–Crippen MR) is 81.4 cm³/mol. The van der Waals surface area contributed by atoms with Gasteiger partial charge in [-0.05, 0) is 70.4 Å². The minimum atomic E-state index is 0.476. The summed E-state index contributed by atoms with van der Waals surface area (Å²) < 4.78 is 0. The van der Waals surface area contributed by atoms with E-state index in [1.165, 1.54) is 83.8 Å². The van der Waals surface area contributed by atoms with Crippen molar-refractivity contribution in [3.8, 4) is 0 Å². The van der Waals surface area contributed by atoms with Crippen molar-refractivity contribution in [2.24, 2.45) is 11.8 Å². The Hall–Kier alpha value is -0.0800. The first-order valence-electron chi connectivity index (χ1n) is 8.71. The summed E-state index contributed by atoms with van der Waals surface area (Å²) in [6.45, 7) is 4.14. The van der Waals surface area contributed by atoms with Crippen molar-refractivity contribution in [3.05, 3.63) is 0 Å². The number of nitrogens with zero attached hydrogens (tertiary/aromatic N) is 1. The molecule has 0 aliphatic heterocycles. The zero-order valence-corrected chi connectivity index (χ0v) is 12.8. The van der Waals surface area contributed by atoms with Crippen LogP contribution >= 0.6 is 0 Å². The maximum Gasteiger partial charge on any atom is 0.0190 e. The van der Waals surface area contributed by atoms with Crippen molar-refractivity contribution >= 4 is 0 Å². The van der Waals surface area contributed by atoms with E-state index in [2.05, 4.69) is 17.3 Å². The summed E-state index contributed by atoms with van der Waals surface area (Å²) in [4.78, 5) is 2.81. The number of hydrogen-bond donors (Lipinski definition) is 1. The molecule has 0 radical (unpaired) electrons. The van der Waals surface area contributed by atoms with Gasteiger partial charge in [0.15, 0.2) is 0 Å². The molecular weight excluding hydrogens is 232 g/mol. The van der Waals surface area contributed by atoms with Gasteiger partial charge in [-0.3, -0.25) is 0 Å². The van der Waals surface area contributed by atoms with E-state index in [-0.39, 0.29) is 0 Å². The standard InChI is InChI=1S/C17H32N2/c1-18-17(9-3-2-4-10-17)11-12-19(13-15-5-6-15)14-16-7-8-16/h15-16,18H,2-14H2,1H3. The van der Waals surface area contributed by atoms with Crippen molar-refractivity contribution in [2.45, 2.75) is 69.7 Å². The molecule has 0 aromatic rings. The molecule has 19 heavy (non-hydrogen) atoms. The van der Waals surface area contributed by atoms with Crippen LogP contribution in [0.1, 0.15) is 64.2 Å². The molecule has 3 rings (SSSR count). The van der Waals surface area contributed by atoms with E-state index in [1.807, 2.05) is 0 Å². The van der Waals surface area contributed by atoms with Crippen LogP contribution in [0.2, 0.25) is 0 Å². The third kappa shape index (κ3) is 4.19. The van der Waals surface area contributed by atoms with Crippen LogP contribution in [0, 0.1) is 11.8 Å². The maximum atomic E-state index is 3.68. The average molecular weight is 264 g/mol. The van der Waals surface area contributed by atoms with Gasteiger partial charge in [-0.2, -0.15) is 0 Å². The molecule has 3 saturated carbocycles. The predicted octanol–water partition coefficient (Wildman–Crippen LogP) is 3.42. The van der Waals surface area contributed by atoms with Crippen LogP contribution in [0.25, 0.3) is 0 Å². The highest BCUT2D eigenvalue weighted by Gasteiger charge is 2.33. The summed E-state index contributed by atoms with van der Waals surface area (Å²) in [6.07, 6.45) is 14.5. The molecule has 0 unspecified atom stereocenters. The minimum absolute atomic E-state index is 0.476. The maximum absolute atomic E-state index is 3.68. The molecule has 0 spiro atoms. The van der Waals surface area contributed by atoms with Gasteiger partial charge in [-0.1, -0.05) is 19.3 Å². The summed E-state index contributed by atoms with van der Waals surface area (Å²) >= 11 is 0. The quantitative estimate of drug-likeness (QED) is 0.722. The molecule has 2 nitrogen and oxygen atoms in total. The first kappa shape index (κ1) is 13.9. The second kappa shape index (κ2) is 6.13. The average Bonchev–Trinajstić information content (AvgIpc) is 3.33. The smallest absolute Gasteiger partial charge is 0.0190 e. The summed E-state index contributed by atoms with van der Waals surface area (Å²) in [7, 11) is 2.19. The van der Waals surface area contributed by atoms with E-state index in [0.29, 0.717) is 5.54 Å². The van der Waals surface area contributed by atoms with Gasteiger partial charge in [0.05, 0.1) is 0 Å². The lowest BCUT2D eigenvalue weighted by molar-refractivity contribution is 0.175. The number of rotatable bonds is 8. The van der Waals surface area contributed by atoms with Gasteiger partial charge in [-0.25, -0.2) is 0 Å². The first-order chi connectivity index (χ1) is 9.30. The fourth-order valence-corrected chi connectivity index (χ4v) is 3.81. The van der Waals surface area contributed by atoms with Crippen LogP contribution in [-0.2, 0) is 0 Å². The lowest BCUT2D eigenvalue weighted by atomic mass is 9.79. The van der Waals surface area contributed by atoms with Crippen molar-refractivity contribution in [3.63, 3.8) is 0 Å². The molecule has 3 fully saturated rings. The van der Waals surface area contributed by atoms with E-state index in [0.717, 1.165) is 11.8 Å². The molecule has 0 saturated heterocycles. The van der Waals surface area contributed by atoms with Gasteiger partial charge in [0, 0.05) is 18.6 Å². The highest BCUT2D eigenvalue weighted by molar-refractivity contribution is 4.91. The number of nitrogens with one attached hydrogen (secondary N) is 1. The molecule has 3 aliphatic carbocycles. The van der Waals surface area contributed by atoms with Gasteiger partial charge in [0.25, 0.3) is 0 Å². The first-order valence-corrected chi connectivity index (χ1v) is 8.71. The number of hydrogen-bond acceptors (Lipinski definition) is 2. The third-order valence-corrected chi connectivity index (χ3v) is 5.67. The SMILES string of the molecule is CNC1(CCN(CC2CC2)CC2CC2)CCCCC1. The lowest BCUT2D eigenvalue weighted by Crippen LogP contribution is -2.47. The third-order valence-electron chi connectivity index (χ3n) is 5.67. The van der Waals surface area contributed by atoms with Crippen LogP contribution in [0.5, 0.6) is 0 Å². The van der Waals surface area contributed by atoms with E-state index in [1.54, 1.807) is 0 Å². The Labute approximate surface area is 119 Å². The van der Waals surface area contributed by atoms with Crippen LogP contribution in [0.4, 0.5) is 0 Å². The van der Waals surface area contributed by atoms with Crippen molar-refractivity contribution in [1.29, 1.82) is 0 Å². The van der Waals surface area contributed by atoms with Crippen molar-refractivity contribution < 1.29 is 0 Å². The summed E-state index contributed by atoms with van der Waals surface area (Å²) in [5, 5.41) is 3.68. The largest absolute Gasteiger partial charge is 0.314 e. The van der Waals surface area contributed by atoms with Crippen LogP contribution in [0.3, 0.4) is 0 Å². The lowest BCUT2D eigenvalue weighted by Gasteiger charge is -2.39. The van der Waals surface area contributed by atoms with Crippen molar-refractivity contribution in [2.75, 3.05) is 26.7 Å². The van der Waals surface area contributed by atoms with Gasteiger partial charge < -0.3 is 10.2 Å². The molecule has 0 amide bonds. The topological polar surface area (TPSA) is 15.3 Å². The second-order valence-electron chi connectivity index (χ2n) is 7.49. The zero-order chi connectivity index (χ0) is 13.1. The molecule has 0 atom stereocenters. The van der Waals surface area contributed by atoms with Crippen LogP contribution in [-0.4, -0.2) is 37.1 Å². The van der Waals surface area contributed by atoms with Gasteiger partial charge >= 0.3 is 0 Å². The van der Waals surface area contributed by atoms with Gasteiger partial charge in [0.1, 0.15) is 0 Å². The zero-order valence-electron chi connectivity index (χ0n) is 12.8. The van der Waals surface area contributed by atoms with Crippen LogP contribution < -0.4 is 5.32 Å². The molecule has 0 bridgehead atoms. The minimum Gasteiger partial charge on any atom is -0.314 e. The molecular formula is C17H32N2. The second-order valence-corrected chi connectivity index (χ2v) is 7.49.